The molecule has 0 bridgehead atoms. The predicted molar refractivity (Wildman–Crippen MR) is 97.6 cm³/mol. The summed E-state index contributed by atoms with van der Waals surface area (Å²) in [5, 5.41) is 10.5. The van der Waals surface area contributed by atoms with Gasteiger partial charge in [-0.3, -0.25) is 0 Å². The maximum absolute atomic E-state index is 6.21. The molecule has 2 heterocycles. The Bertz CT molecular complexity index is 1010. The van der Waals surface area contributed by atoms with Crippen LogP contribution in [0.25, 0.3) is 22.1 Å². The van der Waals surface area contributed by atoms with Gasteiger partial charge in [-0.15, -0.1) is 10.2 Å². The first-order valence-electron chi connectivity index (χ1n) is 7.78. The van der Waals surface area contributed by atoms with Crippen LogP contribution in [0.1, 0.15) is 5.56 Å². The minimum absolute atomic E-state index is 0.598. The van der Waals surface area contributed by atoms with Gasteiger partial charge in [-0.1, -0.05) is 48.0 Å². The molecule has 2 aromatic carbocycles. The first kappa shape index (κ1) is 14.9. The van der Waals surface area contributed by atoms with Gasteiger partial charge in [0.2, 0.25) is 5.95 Å². The molecule has 6 heteroatoms. The lowest BCUT2D eigenvalue weighted by molar-refractivity contribution is 0.822. The van der Waals surface area contributed by atoms with E-state index < -0.39 is 0 Å². The van der Waals surface area contributed by atoms with E-state index in [2.05, 4.69) is 20.2 Å². The summed E-state index contributed by atoms with van der Waals surface area (Å²) in [6.07, 6.45) is 0.824. The van der Waals surface area contributed by atoms with Crippen molar-refractivity contribution in [3.05, 3.63) is 59.1 Å². The van der Waals surface area contributed by atoms with Crippen molar-refractivity contribution in [3.63, 3.8) is 0 Å². The zero-order chi connectivity index (χ0) is 16.5. The molecule has 5 nitrogen and oxygen atoms in total. The number of aromatic amines is 1. The molecular formula is C18H16ClN5. The Morgan fingerprint density at radius 3 is 2.71 bits per heavy atom. The third-order valence-corrected chi connectivity index (χ3v) is 4.50. The average Bonchev–Trinajstić information content (AvgIpc) is 2.98. The topological polar surface area (TPSA) is 57.7 Å². The molecule has 2 aromatic heterocycles. The summed E-state index contributed by atoms with van der Waals surface area (Å²) in [5.74, 6) is 0.598. The molecule has 0 amide bonds. The highest BCUT2D eigenvalue weighted by molar-refractivity contribution is 6.31. The van der Waals surface area contributed by atoms with E-state index >= 15 is 0 Å². The second-order valence-electron chi connectivity index (χ2n) is 5.74. The molecule has 120 valence electrons. The highest BCUT2D eigenvalue weighted by atomic mass is 35.5. The number of aromatic nitrogens is 4. The molecule has 0 fully saturated rings. The van der Waals surface area contributed by atoms with Crippen LogP contribution in [0.4, 0.5) is 5.95 Å². The number of hydrogen-bond acceptors (Lipinski definition) is 4. The molecule has 24 heavy (non-hydrogen) atoms. The van der Waals surface area contributed by atoms with Gasteiger partial charge in [-0.05, 0) is 24.1 Å². The Hall–Kier alpha value is -2.66. The molecule has 0 saturated heterocycles. The molecule has 0 aliphatic carbocycles. The van der Waals surface area contributed by atoms with Crippen molar-refractivity contribution in [2.24, 2.45) is 0 Å². The summed E-state index contributed by atoms with van der Waals surface area (Å²) in [4.78, 5) is 9.89. The molecule has 4 rings (SSSR count). The number of para-hydroxylation sites is 1. The predicted octanol–water partition coefficient (Wildman–Crippen LogP) is 3.84. The van der Waals surface area contributed by atoms with Crippen molar-refractivity contribution in [1.29, 1.82) is 0 Å². The zero-order valence-corrected chi connectivity index (χ0v) is 14.0. The molecule has 1 N–H and O–H groups in total. The Balaban J connectivity index is 1.59. The molecule has 4 aromatic rings. The van der Waals surface area contributed by atoms with Gasteiger partial charge in [0.1, 0.15) is 5.52 Å². The number of anilines is 1. The highest BCUT2D eigenvalue weighted by Crippen LogP contribution is 2.22. The summed E-state index contributed by atoms with van der Waals surface area (Å²) in [6, 6.07) is 15.9. The number of rotatable bonds is 4. The lowest BCUT2D eigenvalue weighted by atomic mass is 10.1. The average molecular weight is 338 g/mol. The van der Waals surface area contributed by atoms with Gasteiger partial charge in [0, 0.05) is 29.5 Å². The van der Waals surface area contributed by atoms with Gasteiger partial charge in [0.15, 0.2) is 5.65 Å². The molecule has 0 saturated carbocycles. The Morgan fingerprint density at radius 2 is 1.83 bits per heavy atom. The quantitative estimate of drug-likeness (QED) is 0.614. The van der Waals surface area contributed by atoms with Crippen molar-refractivity contribution >= 4 is 39.6 Å². The molecular weight excluding hydrogens is 322 g/mol. The minimum Gasteiger partial charge on any atom is -0.342 e. The summed E-state index contributed by atoms with van der Waals surface area (Å²) in [6.45, 7) is 0.761. The lowest BCUT2D eigenvalue weighted by Gasteiger charge is -2.16. The van der Waals surface area contributed by atoms with Crippen LogP contribution < -0.4 is 4.90 Å². The van der Waals surface area contributed by atoms with Crippen LogP contribution in [0.15, 0.2) is 48.5 Å². The van der Waals surface area contributed by atoms with E-state index in [0.717, 1.165) is 45.6 Å². The fourth-order valence-electron chi connectivity index (χ4n) is 2.76. The summed E-state index contributed by atoms with van der Waals surface area (Å²) < 4.78 is 0. The maximum atomic E-state index is 6.21. The van der Waals surface area contributed by atoms with E-state index in [-0.39, 0.29) is 0 Å². The van der Waals surface area contributed by atoms with Gasteiger partial charge >= 0.3 is 0 Å². The summed E-state index contributed by atoms with van der Waals surface area (Å²) in [5.41, 5.74) is 3.69. The van der Waals surface area contributed by atoms with Crippen molar-refractivity contribution in [2.45, 2.75) is 6.42 Å². The monoisotopic (exact) mass is 337 g/mol. The third-order valence-electron chi connectivity index (χ3n) is 4.13. The molecule has 0 aliphatic rings. The van der Waals surface area contributed by atoms with E-state index in [1.807, 2.05) is 60.5 Å². The van der Waals surface area contributed by atoms with Crippen LogP contribution in [-0.4, -0.2) is 33.8 Å². The van der Waals surface area contributed by atoms with Crippen molar-refractivity contribution in [3.8, 4) is 0 Å². The SMILES string of the molecule is CN(CCc1ccccc1Cl)c1nnc2c(n1)[nH]c1ccccc12. The van der Waals surface area contributed by atoms with Gasteiger partial charge < -0.3 is 9.88 Å². The van der Waals surface area contributed by atoms with Gasteiger partial charge in [-0.2, -0.15) is 4.98 Å². The van der Waals surface area contributed by atoms with Crippen molar-refractivity contribution in [2.75, 3.05) is 18.5 Å². The zero-order valence-electron chi connectivity index (χ0n) is 13.2. The maximum Gasteiger partial charge on any atom is 0.247 e. The normalized spacial score (nSPS) is 11.2. The van der Waals surface area contributed by atoms with Crippen LogP contribution in [0.5, 0.6) is 0 Å². The van der Waals surface area contributed by atoms with E-state index in [9.17, 15) is 0 Å². The van der Waals surface area contributed by atoms with Crippen molar-refractivity contribution in [1.82, 2.24) is 20.2 Å². The van der Waals surface area contributed by atoms with E-state index in [0.29, 0.717) is 5.95 Å². The minimum atomic E-state index is 0.598. The smallest absolute Gasteiger partial charge is 0.247 e. The molecule has 0 aliphatic heterocycles. The fraction of sp³-hybridized carbons (Fsp3) is 0.167. The van der Waals surface area contributed by atoms with Crippen LogP contribution in [0, 0.1) is 0 Å². The Labute approximate surface area is 144 Å². The van der Waals surface area contributed by atoms with Gasteiger partial charge in [-0.25, -0.2) is 0 Å². The first-order valence-corrected chi connectivity index (χ1v) is 8.16. The second kappa shape index (κ2) is 6.09. The van der Waals surface area contributed by atoms with Gasteiger partial charge in [0.05, 0.1) is 0 Å². The number of hydrogen-bond donors (Lipinski definition) is 1. The van der Waals surface area contributed by atoms with E-state index in [1.165, 1.54) is 0 Å². The Morgan fingerprint density at radius 1 is 1.04 bits per heavy atom. The number of benzene rings is 2. The Kier molecular flexibility index (Phi) is 3.78. The highest BCUT2D eigenvalue weighted by Gasteiger charge is 2.11. The number of likely N-dealkylation sites (N-methyl/N-ethyl adjacent to an activating group) is 1. The van der Waals surface area contributed by atoms with E-state index in [4.69, 9.17) is 11.6 Å². The first-order chi connectivity index (χ1) is 11.7. The van der Waals surface area contributed by atoms with E-state index in [1.54, 1.807) is 0 Å². The van der Waals surface area contributed by atoms with Crippen LogP contribution in [0.2, 0.25) is 5.02 Å². The second-order valence-corrected chi connectivity index (χ2v) is 6.15. The number of halogens is 1. The number of nitrogens with one attached hydrogen (secondary N) is 1. The lowest BCUT2D eigenvalue weighted by Crippen LogP contribution is -2.23. The number of nitrogens with zero attached hydrogens (tertiary/aromatic N) is 4. The van der Waals surface area contributed by atoms with Gasteiger partial charge in [0.25, 0.3) is 0 Å². The summed E-state index contributed by atoms with van der Waals surface area (Å²) in [7, 11) is 1.96. The fourth-order valence-corrected chi connectivity index (χ4v) is 2.99. The van der Waals surface area contributed by atoms with Crippen LogP contribution >= 0.6 is 11.6 Å². The van der Waals surface area contributed by atoms with Crippen LogP contribution in [-0.2, 0) is 6.42 Å². The largest absolute Gasteiger partial charge is 0.342 e. The molecule has 0 radical (unpaired) electrons. The summed E-state index contributed by atoms with van der Waals surface area (Å²) >= 11 is 6.21. The molecule has 0 spiro atoms. The van der Waals surface area contributed by atoms with Crippen LogP contribution in [0.3, 0.4) is 0 Å². The standard InChI is InChI=1S/C18H16ClN5/c1-24(11-10-12-6-2-4-8-14(12)19)18-21-17-16(22-23-18)13-7-3-5-9-15(13)20-17/h2-9H,10-11H2,1H3,(H,20,21,23). The third kappa shape index (κ3) is 2.67. The number of H-pyrrole nitrogens is 1. The molecule has 0 unspecified atom stereocenters. The molecule has 0 atom stereocenters. The number of fused-ring (bicyclic) bond motifs is 3. The van der Waals surface area contributed by atoms with Crippen molar-refractivity contribution < 1.29 is 0 Å².